The molecule has 0 spiro atoms. The van der Waals surface area contributed by atoms with E-state index in [1.807, 2.05) is 0 Å². The number of ether oxygens (including phenoxy) is 1. The molecule has 2 N–H and O–H groups in total. The minimum Gasteiger partial charge on any atom is -0.508 e. The minimum atomic E-state index is -0.395. The van der Waals surface area contributed by atoms with E-state index in [-0.39, 0.29) is 18.8 Å². The van der Waals surface area contributed by atoms with Crippen LogP contribution < -0.4 is 0 Å². The van der Waals surface area contributed by atoms with Crippen LogP contribution in [-0.2, 0) is 16.1 Å². The second-order valence-electron chi connectivity index (χ2n) is 3.06. The van der Waals surface area contributed by atoms with Gasteiger partial charge in [0, 0.05) is 11.1 Å². The van der Waals surface area contributed by atoms with Crippen LogP contribution in [-0.4, -0.2) is 23.3 Å². The van der Waals surface area contributed by atoms with E-state index in [1.54, 1.807) is 12.1 Å². The predicted octanol–water partition coefficient (Wildman–Crippen LogP) is 0.799. The largest absolute Gasteiger partial charge is 0.508 e. The standard InChI is InChI=1S/C12H12O4/c1-16-12(15)4-2-3-9-5-6-11(14)10(7-9)8-13/h5-7,13-14H,4,8H2,1H3. The first-order valence-corrected chi connectivity index (χ1v) is 4.66. The SMILES string of the molecule is COC(=O)CC#Cc1ccc(O)c(CO)c1. The van der Waals surface area contributed by atoms with Gasteiger partial charge in [-0.05, 0) is 18.2 Å². The summed E-state index contributed by atoms with van der Waals surface area (Å²) in [5.74, 6) is 5.01. The molecular weight excluding hydrogens is 208 g/mol. The minimum absolute atomic E-state index is 0.0197. The second kappa shape index (κ2) is 5.79. The first kappa shape index (κ1) is 12.1. The Morgan fingerprint density at radius 3 is 2.88 bits per heavy atom. The molecule has 0 bridgehead atoms. The Kier molecular flexibility index (Phi) is 4.37. The van der Waals surface area contributed by atoms with Crippen LogP contribution in [0.3, 0.4) is 0 Å². The topological polar surface area (TPSA) is 66.8 Å². The van der Waals surface area contributed by atoms with E-state index in [1.165, 1.54) is 13.2 Å². The quantitative estimate of drug-likeness (QED) is 0.571. The fraction of sp³-hybridized carbons (Fsp3) is 0.250. The molecule has 84 valence electrons. The zero-order valence-electron chi connectivity index (χ0n) is 8.86. The van der Waals surface area contributed by atoms with E-state index in [9.17, 15) is 9.90 Å². The molecule has 0 heterocycles. The third kappa shape index (κ3) is 3.30. The number of methoxy groups -OCH3 is 1. The van der Waals surface area contributed by atoms with Crippen molar-refractivity contribution in [2.75, 3.05) is 7.11 Å². The maximum atomic E-state index is 10.8. The van der Waals surface area contributed by atoms with Crippen molar-refractivity contribution in [2.45, 2.75) is 13.0 Å². The lowest BCUT2D eigenvalue weighted by Crippen LogP contribution is -1.97. The third-order valence-electron chi connectivity index (χ3n) is 1.94. The summed E-state index contributed by atoms with van der Waals surface area (Å²) >= 11 is 0. The highest BCUT2D eigenvalue weighted by Gasteiger charge is 1.99. The monoisotopic (exact) mass is 220 g/mol. The van der Waals surface area contributed by atoms with Crippen LogP contribution in [0.2, 0.25) is 0 Å². The zero-order valence-corrected chi connectivity index (χ0v) is 8.86. The van der Waals surface area contributed by atoms with Gasteiger partial charge >= 0.3 is 5.97 Å². The average Bonchev–Trinajstić information content (AvgIpc) is 2.31. The number of carbonyl (C=O) groups excluding carboxylic acids is 1. The molecule has 0 unspecified atom stereocenters. The van der Waals surface area contributed by atoms with Crippen LogP contribution in [0.1, 0.15) is 17.5 Å². The van der Waals surface area contributed by atoms with Gasteiger partial charge in [0.15, 0.2) is 0 Å². The van der Waals surface area contributed by atoms with Gasteiger partial charge in [-0.3, -0.25) is 4.79 Å². The number of aromatic hydroxyl groups is 1. The van der Waals surface area contributed by atoms with Crippen molar-refractivity contribution >= 4 is 5.97 Å². The summed E-state index contributed by atoms with van der Waals surface area (Å²) in [7, 11) is 1.30. The molecule has 0 saturated heterocycles. The van der Waals surface area contributed by atoms with E-state index in [0.717, 1.165) is 0 Å². The molecule has 1 rings (SSSR count). The Morgan fingerprint density at radius 2 is 2.25 bits per heavy atom. The number of aliphatic hydroxyl groups excluding tert-OH is 1. The number of rotatable bonds is 2. The Morgan fingerprint density at radius 1 is 1.50 bits per heavy atom. The molecule has 1 aromatic rings. The summed E-state index contributed by atoms with van der Waals surface area (Å²) in [6.45, 7) is -0.252. The van der Waals surface area contributed by atoms with Gasteiger partial charge in [-0.2, -0.15) is 0 Å². The number of carbonyl (C=O) groups is 1. The van der Waals surface area contributed by atoms with Crippen molar-refractivity contribution in [2.24, 2.45) is 0 Å². The van der Waals surface area contributed by atoms with Gasteiger partial charge in [-0.15, -0.1) is 0 Å². The summed E-state index contributed by atoms with van der Waals surface area (Å²) in [6.07, 6.45) is 0.0197. The molecule has 0 amide bonds. The molecule has 0 fully saturated rings. The van der Waals surface area contributed by atoms with E-state index >= 15 is 0 Å². The van der Waals surface area contributed by atoms with E-state index in [2.05, 4.69) is 16.6 Å². The van der Waals surface area contributed by atoms with Crippen LogP contribution in [0.5, 0.6) is 5.75 Å². The summed E-state index contributed by atoms with van der Waals surface area (Å²) in [6, 6.07) is 4.63. The highest BCUT2D eigenvalue weighted by molar-refractivity contribution is 5.72. The van der Waals surface area contributed by atoms with Gasteiger partial charge in [0.2, 0.25) is 0 Å². The van der Waals surface area contributed by atoms with Gasteiger partial charge in [0.1, 0.15) is 12.2 Å². The number of benzene rings is 1. The Hall–Kier alpha value is -1.99. The smallest absolute Gasteiger partial charge is 0.317 e. The van der Waals surface area contributed by atoms with Crippen molar-refractivity contribution in [1.29, 1.82) is 0 Å². The summed E-state index contributed by atoms with van der Waals surface area (Å²) < 4.78 is 4.43. The normalized spacial score (nSPS) is 9.12. The van der Waals surface area contributed by atoms with Crippen molar-refractivity contribution in [1.82, 2.24) is 0 Å². The lowest BCUT2D eigenvalue weighted by Gasteiger charge is -2.00. The zero-order chi connectivity index (χ0) is 12.0. The molecule has 0 aliphatic carbocycles. The Bertz CT molecular complexity index is 440. The van der Waals surface area contributed by atoms with Gasteiger partial charge < -0.3 is 14.9 Å². The first-order valence-electron chi connectivity index (χ1n) is 4.66. The Labute approximate surface area is 93.5 Å². The second-order valence-corrected chi connectivity index (χ2v) is 3.06. The molecule has 0 saturated carbocycles. The molecule has 0 radical (unpaired) electrons. The van der Waals surface area contributed by atoms with Crippen molar-refractivity contribution < 1.29 is 19.7 Å². The van der Waals surface area contributed by atoms with Crippen molar-refractivity contribution in [3.05, 3.63) is 29.3 Å². The molecule has 0 aromatic heterocycles. The fourth-order valence-electron chi connectivity index (χ4n) is 1.08. The summed E-state index contributed by atoms with van der Waals surface area (Å²) in [5.41, 5.74) is 1.04. The average molecular weight is 220 g/mol. The number of hydrogen-bond acceptors (Lipinski definition) is 4. The summed E-state index contributed by atoms with van der Waals surface area (Å²) in [5, 5.41) is 18.2. The van der Waals surface area contributed by atoms with Gasteiger partial charge in [0.25, 0.3) is 0 Å². The first-order chi connectivity index (χ1) is 7.67. The molecule has 4 nitrogen and oxygen atoms in total. The van der Waals surface area contributed by atoms with Gasteiger partial charge in [-0.1, -0.05) is 11.8 Å². The molecule has 0 aliphatic heterocycles. The van der Waals surface area contributed by atoms with Crippen LogP contribution in [0.25, 0.3) is 0 Å². The summed E-state index contributed by atoms with van der Waals surface area (Å²) in [4.78, 5) is 10.8. The highest BCUT2D eigenvalue weighted by atomic mass is 16.5. The van der Waals surface area contributed by atoms with Crippen molar-refractivity contribution in [3.63, 3.8) is 0 Å². The van der Waals surface area contributed by atoms with Crippen LogP contribution in [0, 0.1) is 11.8 Å². The fourth-order valence-corrected chi connectivity index (χ4v) is 1.08. The van der Waals surface area contributed by atoms with Crippen LogP contribution >= 0.6 is 0 Å². The molecule has 0 atom stereocenters. The maximum Gasteiger partial charge on any atom is 0.317 e. The molecule has 4 heteroatoms. The van der Waals surface area contributed by atoms with Gasteiger partial charge in [0.05, 0.1) is 13.7 Å². The maximum absolute atomic E-state index is 10.8. The number of phenols is 1. The van der Waals surface area contributed by atoms with E-state index < -0.39 is 5.97 Å². The number of hydrogen-bond donors (Lipinski definition) is 2. The predicted molar refractivity (Wildman–Crippen MR) is 57.5 cm³/mol. The Balaban J connectivity index is 2.78. The van der Waals surface area contributed by atoms with Crippen LogP contribution in [0.4, 0.5) is 0 Å². The third-order valence-corrected chi connectivity index (χ3v) is 1.94. The van der Waals surface area contributed by atoms with Crippen LogP contribution in [0.15, 0.2) is 18.2 Å². The van der Waals surface area contributed by atoms with E-state index in [0.29, 0.717) is 11.1 Å². The lowest BCUT2D eigenvalue weighted by molar-refractivity contribution is -0.139. The molecule has 16 heavy (non-hydrogen) atoms. The highest BCUT2D eigenvalue weighted by Crippen LogP contribution is 2.17. The molecular formula is C12H12O4. The lowest BCUT2D eigenvalue weighted by atomic mass is 10.1. The van der Waals surface area contributed by atoms with E-state index in [4.69, 9.17) is 5.11 Å². The molecule has 0 aliphatic rings. The van der Waals surface area contributed by atoms with Crippen molar-refractivity contribution in [3.8, 4) is 17.6 Å². The number of esters is 1. The number of aliphatic hydroxyl groups is 1. The molecule has 1 aromatic carbocycles. The van der Waals surface area contributed by atoms with Gasteiger partial charge in [-0.25, -0.2) is 0 Å².